The fourth-order valence-corrected chi connectivity index (χ4v) is 4.41. The van der Waals surface area contributed by atoms with E-state index in [1.54, 1.807) is 13.2 Å². The average molecular weight is 445 g/mol. The van der Waals surface area contributed by atoms with Gasteiger partial charge in [0.15, 0.2) is 17.3 Å². The second-order valence-electron chi connectivity index (χ2n) is 8.31. The third-order valence-electron chi connectivity index (χ3n) is 6.22. The third kappa shape index (κ3) is 3.72. The lowest BCUT2D eigenvalue weighted by Crippen LogP contribution is -2.48. The molecule has 1 saturated heterocycles. The molecule has 6 rings (SSSR count). The number of methoxy groups -OCH3 is 1. The highest BCUT2D eigenvalue weighted by atomic mass is 16.7. The number of piperazine rings is 1. The van der Waals surface area contributed by atoms with Gasteiger partial charge in [0.1, 0.15) is 5.75 Å². The van der Waals surface area contributed by atoms with Crippen LogP contribution < -0.4 is 14.2 Å². The monoisotopic (exact) mass is 445 g/mol. The number of pyridine rings is 1. The summed E-state index contributed by atoms with van der Waals surface area (Å²) in [5.41, 5.74) is 2.44. The van der Waals surface area contributed by atoms with Crippen molar-refractivity contribution in [3.8, 4) is 17.2 Å². The molecular formula is C25H23N3O5. The Bertz CT molecular complexity index is 1360. The van der Waals surface area contributed by atoms with Crippen molar-refractivity contribution < 1.29 is 23.4 Å². The zero-order valence-corrected chi connectivity index (χ0v) is 18.2. The second-order valence-corrected chi connectivity index (χ2v) is 8.31. The summed E-state index contributed by atoms with van der Waals surface area (Å²) in [6.07, 6.45) is 0. The number of rotatable bonds is 4. The molecule has 1 amide bonds. The minimum atomic E-state index is -0.0997. The number of hydrogen-bond donors (Lipinski definition) is 0. The van der Waals surface area contributed by atoms with Crippen molar-refractivity contribution in [2.75, 3.05) is 40.1 Å². The highest BCUT2D eigenvalue weighted by Gasteiger charge is 2.25. The summed E-state index contributed by atoms with van der Waals surface area (Å²) in [6, 6.07) is 15.5. The molecule has 2 aromatic carbocycles. The van der Waals surface area contributed by atoms with Gasteiger partial charge in [-0.15, -0.1) is 0 Å². The number of amides is 1. The number of furan rings is 1. The first-order valence-corrected chi connectivity index (χ1v) is 10.9. The largest absolute Gasteiger partial charge is 0.497 e. The Hall–Kier alpha value is -3.78. The van der Waals surface area contributed by atoms with Gasteiger partial charge in [-0.25, -0.2) is 4.98 Å². The summed E-state index contributed by atoms with van der Waals surface area (Å²) in [6.45, 7) is 3.97. The lowest BCUT2D eigenvalue weighted by Gasteiger charge is -2.34. The molecule has 0 atom stereocenters. The average Bonchev–Trinajstić information content (AvgIpc) is 3.48. The van der Waals surface area contributed by atoms with Crippen molar-refractivity contribution in [1.82, 2.24) is 14.8 Å². The summed E-state index contributed by atoms with van der Waals surface area (Å²) in [5, 5.41) is 1.75. The fourth-order valence-electron chi connectivity index (χ4n) is 4.41. The second kappa shape index (κ2) is 7.97. The lowest BCUT2D eigenvalue weighted by atomic mass is 10.1. The minimum absolute atomic E-state index is 0.0997. The van der Waals surface area contributed by atoms with Gasteiger partial charge < -0.3 is 23.5 Å². The highest BCUT2D eigenvalue weighted by molar-refractivity contribution is 5.98. The first kappa shape index (κ1) is 19.9. The van der Waals surface area contributed by atoms with Crippen molar-refractivity contribution in [2.45, 2.75) is 6.54 Å². The number of aromatic nitrogens is 1. The highest BCUT2D eigenvalue weighted by Crippen LogP contribution is 2.33. The summed E-state index contributed by atoms with van der Waals surface area (Å²) >= 11 is 0. The van der Waals surface area contributed by atoms with E-state index in [4.69, 9.17) is 18.6 Å². The Morgan fingerprint density at radius 2 is 1.82 bits per heavy atom. The maximum atomic E-state index is 13.1. The van der Waals surface area contributed by atoms with Crippen LogP contribution in [0.3, 0.4) is 0 Å². The number of fused-ring (bicyclic) bond motifs is 3. The van der Waals surface area contributed by atoms with Gasteiger partial charge in [-0.2, -0.15) is 0 Å². The summed E-state index contributed by atoms with van der Waals surface area (Å²) in [5.74, 6) is 2.58. The normalized spacial score (nSPS) is 16.0. The Morgan fingerprint density at radius 3 is 2.67 bits per heavy atom. The van der Waals surface area contributed by atoms with Crippen molar-refractivity contribution in [3.63, 3.8) is 0 Å². The zero-order chi connectivity index (χ0) is 22.4. The molecule has 4 heterocycles. The number of hydrogen-bond acceptors (Lipinski definition) is 7. The van der Waals surface area contributed by atoms with Crippen LogP contribution in [0.2, 0.25) is 0 Å². The van der Waals surface area contributed by atoms with Gasteiger partial charge in [0.05, 0.1) is 12.6 Å². The predicted octanol–water partition coefficient (Wildman–Crippen LogP) is 3.68. The van der Waals surface area contributed by atoms with Crippen LogP contribution in [-0.4, -0.2) is 60.8 Å². The van der Waals surface area contributed by atoms with Gasteiger partial charge in [0.2, 0.25) is 12.5 Å². The van der Waals surface area contributed by atoms with Crippen LogP contribution in [0.1, 0.15) is 16.1 Å². The fraction of sp³-hybridized carbons (Fsp3) is 0.280. The van der Waals surface area contributed by atoms with Gasteiger partial charge in [0.25, 0.3) is 5.91 Å². The van der Waals surface area contributed by atoms with Crippen LogP contribution in [0.4, 0.5) is 0 Å². The van der Waals surface area contributed by atoms with Gasteiger partial charge >= 0.3 is 0 Å². The molecular weight excluding hydrogens is 422 g/mol. The smallest absolute Gasteiger partial charge is 0.289 e. The minimum Gasteiger partial charge on any atom is -0.497 e. The molecule has 33 heavy (non-hydrogen) atoms. The first-order valence-electron chi connectivity index (χ1n) is 10.9. The Balaban J connectivity index is 1.14. The molecule has 0 saturated carbocycles. The Morgan fingerprint density at radius 1 is 0.970 bits per heavy atom. The first-order chi connectivity index (χ1) is 16.2. The number of nitrogens with zero attached hydrogens (tertiary/aromatic N) is 3. The molecule has 0 aliphatic carbocycles. The molecule has 0 unspecified atom stereocenters. The van der Waals surface area contributed by atoms with Crippen LogP contribution in [0.15, 0.2) is 52.9 Å². The quantitative estimate of drug-likeness (QED) is 0.474. The number of carbonyl (C=O) groups excluding carboxylic acids is 1. The van der Waals surface area contributed by atoms with Crippen LogP contribution >= 0.6 is 0 Å². The summed E-state index contributed by atoms with van der Waals surface area (Å²) in [4.78, 5) is 21.8. The van der Waals surface area contributed by atoms with E-state index < -0.39 is 0 Å². The van der Waals surface area contributed by atoms with E-state index in [1.165, 1.54) is 5.56 Å². The van der Waals surface area contributed by atoms with Crippen molar-refractivity contribution in [2.24, 2.45) is 0 Å². The van der Waals surface area contributed by atoms with Crippen molar-refractivity contribution in [3.05, 3.63) is 59.9 Å². The van der Waals surface area contributed by atoms with Crippen molar-refractivity contribution >= 4 is 27.9 Å². The zero-order valence-electron chi connectivity index (χ0n) is 18.2. The molecule has 0 bridgehead atoms. The van der Waals surface area contributed by atoms with Crippen LogP contribution in [0.25, 0.3) is 22.0 Å². The molecule has 1 fully saturated rings. The van der Waals surface area contributed by atoms with E-state index in [0.717, 1.165) is 53.2 Å². The number of carbonyl (C=O) groups is 1. The molecule has 8 heteroatoms. The third-order valence-corrected chi connectivity index (χ3v) is 6.22. The summed E-state index contributed by atoms with van der Waals surface area (Å²) < 4.78 is 22.0. The number of ether oxygens (including phenoxy) is 3. The molecule has 0 radical (unpaired) electrons. The standard InChI is InChI=1S/C25H23N3O5/c1-30-19-3-4-20-17(12-19)11-18-13-23(33-24(18)26-20)25(29)28-8-6-27(7-9-28)14-16-2-5-21-22(10-16)32-15-31-21/h2-5,10-13H,6-9,14-15H2,1H3. The van der Waals surface area contributed by atoms with Gasteiger partial charge in [-0.05, 0) is 48.0 Å². The van der Waals surface area contributed by atoms with Gasteiger partial charge in [-0.3, -0.25) is 9.69 Å². The van der Waals surface area contributed by atoms with Gasteiger partial charge in [-0.1, -0.05) is 6.07 Å². The molecule has 0 N–H and O–H groups in total. The maximum Gasteiger partial charge on any atom is 0.289 e. The molecule has 0 spiro atoms. The maximum absolute atomic E-state index is 13.1. The topological polar surface area (TPSA) is 77.3 Å². The molecule has 8 nitrogen and oxygen atoms in total. The van der Waals surface area contributed by atoms with E-state index in [2.05, 4.69) is 16.0 Å². The molecule has 2 aliphatic heterocycles. The van der Waals surface area contributed by atoms with Gasteiger partial charge in [0, 0.05) is 43.5 Å². The SMILES string of the molecule is COc1ccc2nc3oc(C(=O)N4CCN(Cc5ccc6c(c5)OCO6)CC4)cc3cc2c1. The lowest BCUT2D eigenvalue weighted by molar-refractivity contribution is 0.0599. The predicted molar refractivity (Wildman–Crippen MR) is 122 cm³/mol. The van der Waals surface area contributed by atoms with Crippen LogP contribution in [-0.2, 0) is 6.54 Å². The Kier molecular flexibility index (Phi) is 4.80. The molecule has 168 valence electrons. The summed E-state index contributed by atoms with van der Waals surface area (Å²) in [7, 11) is 1.64. The van der Waals surface area contributed by atoms with Crippen LogP contribution in [0, 0.1) is 0 Å². The van der Waals surface area contributed by atoms with E-state index in [1.807, 2.05) is 41.3 Å². The van der Waals surface area contributed by atoms with Crippen molar-refractivity contribution in [1.29, 1.82) is 0 Å². The van der Waals surface area contributed by atoms with E-state index in [0.29, 0.717) is 24.6 Å². The molecule has 4 aromatic rings. The van der Waals surface area contributed by atoms with E-state index >= 15 is 0 Å². The van der Waals surface area contributed by atoms with E-state index in [9.17, 15) is 4.79 Å². The Labute approximate surface area is 190 Å². The van der Waals surface area contributed by atoms with E-state index in [-0.39, 0.29) is 12.7 Å². The number of benzene rings is 2. The molecule has 2 aliphatic rings. The van der Waals surface area contributed by atoms with Crippen LogP contribution in [0.5, 0.6) is 17.2 Å². The molecule has 2 aromatic heterocycles.